The molecule has 1 atom stereocenters. The van der Waals surface area contributed by atoms with Crippen LogP contribution in [0.25, 0.3) is 10.8 Å². The number of benzene rings is 1. The maximum atomic E-state index is 14.2. The first kappa shape index (κ1) is 21.1. The molecule has 0 radical (unpaired) electrons. The summed E-state index contributed by atoms with van der Waals surface area (Å²) in [5.41, 5.74) is 0. The highest BCUT2D eigenvalue weighted by Gasteiger charge is 2.31. The maximum absolute atomic E-state index is 14.2. The lowest BCUT2D eigenvalue weighted by molar-refractivity contribution is 0.353. The first-order valence-corrected chi connectivity index (χ1v) is 8.70. The van der Waals surface area contributed by atoms with Crippen molar-refractivity contribution in [2.45, 2.75) is 24.3 Å². The predicted octanol–water partition coefficient (Wildman–Crippen LogP) is 2.59. The minimum Gasteiger partial charge on any atom is -0.315 e. The van der Waals surface area contributed by atoms with Crippen molar-refractivity contribution in [1.29, 1.82) is 0 Å². The molecule has 9 heteroatoms. The van der Waals surface area contributed by atoms with Gasteiger partial charge >= 0.3 is 0 Å². The number of pyridine rings is 1. The van der Waals surface area contributed by atoms with Gasteiger partial charge in [-0.1, -0.05) is 12.1 Å². The molecule has 1 saturated heterocycles. The highest BCUT2D eigenvalue weighted by Crippen LogP contribution is 2.28. The molecule has 1 unspecified atom stereocenters. The van der Waals surface area contributed by atoms with Crippen LogP contribution in [0.2, 0.25) is 0 Å². The zero-order valence-electron chi connectivity index (χ0n) is 13.1. The standard InChI is InChI=1S/C15H18FN3O2S.2ClH/c1-11-8-17-6-3-7-19(11)22(20,21)14-5-2-4-12-9-18-10-13(16)15(12)14;;/h2,4-5,9-11,17H,3,6-8H2,1H3;2*1H. The van der Waals surface area contributed by atoms with E-state index in [0.29, 0.717) is 18.5 Å². The molecule has 1 aromatic heterocycles. The largest absolute Gasteiger partial charge is 0.315 e. The van der Waals surface area contributed by atoms with Crippen LogP contribution in [0, 0.1) is 5.82 Å². The van der Waals surface area contributed by atoms with Crippen LogP contribution in [0.1, 0.15) is 13.3 Å². The Morgan fingerprint density at radius 2 is 2.04 bits per heavy atom. The van der Waals surface area contributed by atoms with E-state index < -0.39 is 15.8 Å². The second kappa shape index (κ2) is 8.40. The molecule has 1 N–H and O–H groups in total. The molecule has 2 heterocycles. The van der Waals surface area contributed by atoms with Gasteiger partial charge in [-0.3, -0.25) is 4.98 Å². The van der Waals surface area contributed by atoms with Crippen molar-refractivity contribution in [3.05, 3.63) is 36.4 Å². The van der Waals surface area contributed by atoms with Gasteiger partial charge in [0, 0.05) is 36.1 Å². The zero-order chi connectivity index (χ0) is 15.7. The topological polar surface area (TPSA) is 62.3 Å². The van der Waals surface area contributed by atoms with Gasteiger partial charge in [0.1, 0.15) is 0 Å². The molecule has 3 rings (SSSR count). The quantitative estimate of drug-likeness (QED) is 0.848. The van der Waals surface area contributed by atoms with Gasteiger partial charge in [-0.25, -0.2) is 12.8 Å². The van der Waals surface area contributed by atoms with Crippen molar-refractivity contribution in [2.75, 3.05) is 19.6 Å². The third-order valence-electron chi connectivity index (χ3n) is 3.95. The summed E-state index contributed by atoms with van der Waals surface area (Å²) in [5.74, 6) is -0.614. The lowest BCUT2D eigenvalue weighted by Gasteiger charge is -2.26. The molecule has 0 aliphatic carbocycles. The van der Waals surface area contributed by atoms with E-state index in [9.17, 15) is 12.8 Å². The van der Waals surface area contributed by atoms with Crippen LogP contribution in [-0.2, 0) is 10.0 Å². The van der Waals surface area contributed by atoms with Crippen molar-refractivity contribution in [3.63, 3.8) is 0 Å². The minimum absolute atomic E-state index is 0. The number of sulfonamides is 1. The third kappa shape index (κ3) is 3.81. The zero-order valence-corrected chi connectivity index (χ0v) is 15.6. The Morgan fingerprint density at radius 3 is 2.79 bits per heavy atom. The first-order chi connectivity index (χ1) is 10.5. The average molecular weight is 396 g/mol. The number of hydrogen-bond donors (Lipinski definition) is 1. The molecule has 1 aromatic carbocycles. The highest BCUT2D eigenvalue weighted by atomic mass is 35.5. The number of nitrogens with zero attached hydrogens (tertiary/aromatic N) is 2. The smallest absolute Gasteiger partial charge is 0.244 e. The van der Waals surface area contributed by atoms with E-state index in [1.807, 2.05) is 6.92 Å². The molecule has 1 aliphatic rings. The molecule has 0 amide bonds. The van der Waals surface area contributed by atoms with Crippen LogP contribution in [0.4, 0.5) is 4.39 Å². The van der Waals surface area contributed by atoms with Crippen LogP contribution in [0.3, 0.4) is 0 Å². The predicted molar refractivity (Wildman–Crippen MR) is 97.0 cm³/mol. The van der Waals surface area contributed by atoms with E-state index in [1.54, 1.807) is 12.1 Å². The Kier molecular flexibility index (Phi) is 7.37. The molecule has 1 aliphatic heterocycles. The second-order valence-electron chi connectivity index (χ2n) is 5.50. The monoisotopic (exact) mass is 395 g/mol. The molecule has 0 spiro atoms. The van der Waals surface area contributed by atoms with E-state index in [-0.39, 0.29) is 41.1 Å². The van der Waals surface area contributed by atoms with Crippen molar-refractivity contribution in [1.82, 2.24) is 14.6 Å². The molecular formula is C15H20Cl2FN3O2S. The first-order valence-electron chi connectivity index (χ1n) is 7.26. The summed E-state index contributed by atoms with van der Waals surface area (Å²) in [4.78, 5) is 3.80. The van der Waals surface area contributed by atoms with E-state index in [1.165, 1.54) is 16.6 Å². The van der Waals surface area contributed by atoms with Gasteiger partial charge in [0.15, 0.2) is 5.82 Å². The molecule has 2 aromatic rings. The summed E-state index contributed by atoms with van der Waals surface area (Å²) in [7, 11) is -3.76. The van der Waals surface area contributed by atoms with Crippen LogP contribution in [0.15, 0.2) is 35.5 Å². The summed E-state index contributed by atoms with van der Waals surface area (Å²) in [6.45, 7) is 3.66. The van der Waals surface area contributed by atoms with Gasteiger partial charge in [-0.15, -0.1) is 24.8 Å². The summed E-state index contributed by atoms with van der Waals surface area (Å²) < 4.78 is 41.7. The fourth-order valence-electron chi connectivity index (χ4n) is 2.85. The van der Waals surface area contributed by atoms with E-state index in [2.05, 4.69) is 10.3 Å². The molecule has 24 heavy (non-hydrogen) atoms. The number of rotatable bonds is 2. The molecule has 0 bridgehead atoms. The minimum atomic E-state index is -3.76. The van der Waals surface area contributed by atoms with Gasteiger partial charge in [0.05, 0.1) is 11.1 Å². The number of aromatic nitrogens is 1. The normalized spacial score (nSPS) is 19.2. The van der Waals surface area contributed by atoms with Crippen LogP contribution in [0.5, 0.6) is 0 Å². The van der Waals surface area contributed by atoms with E-state index in [0.717, 1.165) is 19.2 Å². The second-order valence-corrected chi connectivity index (χ2v) is 7.36. The fourth-order valence-corrected chi connectivity index (χ4v) is 4.74. The Morgan fingerprint density at radius 1 is 1.29 bits per heavy atom. The van der Waals surface area contributed by atoms with Gasteiger partial charge in [-0.2, -0.15) is 4.31 Å². The summed E-state index contributed by atoms with van der Waals surface area (Å²) in [5, 5.41) is 3.81. The van der Waals surface area contributed by atoms with Gasteiger partial charge in [0.2, 0.25) is 10.0 Å². The molecular weight excluding hydrogens is 376 g/mol. The Balaban J connectivity index is 0.00000144. The summed E-state index contributed by atoms with van der Waals surface area (Å²) in [6.07, 6.45) is 3.26. The molecule has 1 fully saturated rings. The fraction of sp³-hybridized carbons (Fsp3) is 0.400. The van der Waals surface area contributed by atoms with Crippen LogP contribution in [-0.4, -0.2) is 43.4 Å². The maximum Gasteiger partial charge on any atom is 0.244 e. The van der Waals surface area contributed by atoms with Gasteiger partial charge in [0.25, 0.3) is 0 Å². The SMILES string of the molecule is CC1CNCCCN1S(=O)(=O)c1cccc2cncc(F)c12.Cl.Cl. The summed E-state index contributed by atoms with van der Waals surface area (Å²) in [6, 6.07) is 4.58. The molecule has 0 saturated carbocycles. The Hall–Kier alpha value is -0.990. The number of halogens is 3. The van der Waals surface area contributed by atoms with Crippen molar-refractivity contribution in [2.24, 2.45) is 0 Å². The number of hydrogen-bond acceptors (Lipinski definition) is 4. The van der Waals surface area contributed by atoms with Crippen molar-refractivity contribution in [3.8, 4) is 0 Å². The van der Waals surface area contributed by atoms with Crippen molar-refractivity contribution >= 4 is 45.6 Å². The third-order valence-corrected chi connectivity index (χ3v) is 6.00. The summed E-state index contributed by atoms with van der Waals surface area (Å²) >= 11 is 0. The van der Waals surface area contributed by atoms with Crippen LogP contribution >= 0.6 is 24.8 Å². The van der Waals surface area contributed by atoms with E-state index >= 15 is 0 Å². The Bertz CT molecular complexity index is 799. The highest BCUT2D eigenvalue weighted by molar-refractivity contribution is 7.89. The molecule has 134 valence electrons. The lowest BCUT2D eigenvalue weighted by Crippen LogP contribution is -2.41. The number of fused-ring (bicyclic) bond motifs is 1. The average Bonchev–Trinajstić information content (AvgIpc) is 2.72. The van der Waals surface area contributed by atoms with Gasteiger partial charge < -0.3 is 5.32 Å². The Labute approximate surface area is 153 Å². The van der Waals surface area contributed by atoms with Crippen LogP contribution < -0.4 is 5.32 Å². The number of nitrogens with one attached hydrogen (secondary N) is 1. The van der Waals surface area contributed by atoms with Gasteiger partial charge in [-0.05, 0) is 26.0 Å². The molecule has 5 nitrogen and oxygen atoms in total. The van der Waals surface area contributed by atoms with E-state index in [4.69, 9.17) is 0 Å². The lowest BCUT2D eigenvalue weighted by atomic mass is 10.2. The van der Waals surface area contributed by atoms with Crippen molar-refractivity contribution < 1.29 is 12.8 Å².